The third-order valence-corrected chi connectivity index (χ3v) is 4.32. The SMILES string of the molecule is CCn1c(C)cc(CNc2ccc(I)cc2C)c1C. The van der Waals surface area contributed by atoms with Gasteiger partial charge in [0.1, 0.15) is 0 Å². The van der Waals surface area contributed by atoms with Crippen molar-refractivity contribution in [1.29, 1.82) is 0 Å². The molecule has 0 bridgehead atoms. The molecule has 0 saturated heterocycles. The molecule has 2 rings (SSSR count). The van der Waals surface area contributed by atoms with Gasteiger partial charge in [0.2, 0.25) is 0 Å². The van der Waals surface area contributed by atoms with Crippen LogP contribution < -0.4 is 5.32 Å². The summed E-state index contributed by atoms with van der Waals surface area (Å²) in [5, 5.41) is 3.55. The van der Waals surface area contributed by atoms with E-state index in [1.54, 1.807) is 0 Å². The largest absolute Gasteiger partial charge is 0.381 e. The van der Waals surface area contributed by atoms with E-state index in [0.717, 1.165) is 13.1 Å². The number of hydrogen-bond donors (Lipinski definition) is 1. The molecule has 1 heterocycles. The van der Waals surface area contributed by atoms with Gasteiger partial charge >= 0.3 is 0 Å². The van der Waals surface area contributed by atoms with Crippen molar-refractivity contribution in [2.45, 2.75) is 40.8 Å². The first kappa shape index (κ1) is 14.4. The van der Waals surface area contributed by atoms with E-state index in [1.165, 1.54) is 31.8 Å². The topological polar surface area (TPSA) is 17.0 Å². The molecule has 0 atom stereocenters. The fourth-order valence-corrected chi connectivity index (χ4v) is 3.20. The number of hydrogen-bond acceptors (Lipinski definition) is 1. The number of anilines is 1. The first-order valence-electron chi connectivity index (χ1n) is 6.68. The molecule has 0 aliphatic heterocycles. The van der Waals surface area contributed by atoms with E-state index in [1.807, 2.05) is 0 Å². The molecule has 0 unspecified atom stereocenters. The number of nitrogens with zero attached hydrogens (tertiary/aromatic N) is 1. The summed E-state index contributed by atoms with van der Waals surface area (Å²) in [4.78, 5) is 0. The molecule has 0 saturated carbocycles. The lowest BCUT2D eigenvalue weighted by Crippen LogP contribution is -2.04. The molecule has 0 spiro atoms. The summed E-state index contributed by atoms with van der Waals surface area (Å²) in [5.74, 6) is 0. The van der Waals surface area contributed by atoms with Crippen LogP contribution >= 0.6 is 22.6 Å². The summed E-state index contributed by atoms with van der Waals surface area (Å²) in [6.07, 6.45) is 0. The highest BCUT2D eigenvalue weighted by atomic mass is 127. The quantitative estimate of drug-likeness (QED) is 0.778. The summed E-state index contributed by atoms with van der Waals surface area (Å²) in [7, 11) is 0. The molecule has 2 nitrogen and oxygen atoms in total. The zero-order chi connectivity index (χ0) is 14.0. The van der Waals surface area contributed by atoms with Crippen LogP contribution in [-0.2, 0) is 13.1 Å². The zero-order valence-electron chi connectivity index (χ0n) is 12.0. The lowest BCUT2D eigenvalue weighted by Gasteiger charge is -2.10. The van der Waals surface area contributed by atoms with Gasteiger partial charge in [-0.25, -0.2) is 0 Å². The van der Waals surface area contributed by atoms with E-state index in [0.29, 0.717) is 0 Å². The Morgan fingerprint density at radius 3 is 2.47 bits per heavy atom. The predicted octanol–water partition coefficient (Wildman–Crippen LogP) is 4.65. The number of aromatic nitrogens is 1. The Hall–Kier alpha value is -0.970. The lowest BCUT2D eigenvalue weighted by atomic mass is 10.2. The van der Waals surface area contributed by atoms with Gasteiger partial charge in [-0.1, -0.05) is 0 Å². The zero-order valence-corrected chi connectivity index (χ0v) is 14.2. The van der Waals surface area contributed by atoms with Gasteiger partial charge in [-0.05, 0) is 85.7 Å². The van der Waals surface area contributed by atoms with Gasteiger partial charge in [-0.2, -0.15) is 0 Å². The first-order valence-corrected chi connectivity index (χ1v) is 7.76. The van der Waals surface area contributed by atoms with Crippen LogP contribution in [0.15, 0.2) is 24.3 Å². The Morgan fingerprint density at radius 2 is 1.89 bits per heavy atom. The summed E-state index contributed by atoms with van der Waals surface area (Å²) >= 11 is 2.35. The minimum Gasteiger partial charge on any atom is -0.381 e. The van der Waals surface area contributed by atoms with Crippen LogP contribution in [0.5, 0.6) is 0 Å². The smallest absolute Gasteiger partial charge is 0.0418 e. The van der Waals surface area contributed by atoms with E-state index in [9.17, 15) is 0 Å². The second kappa shape index (κ2) is 5.99. The van der Waals surface area contributed by atoms with Gasteiger partial charge < -0.3 is 9.88 Å². The minimum absolute atomic E-state index is 0.890. The first-order chi connectivity index (χ1) is 9.02. The monoisotopic (exact) mass is 368 g/mol. The predicted molar refractivity (Wildman–Crippen MR) is 90.8 cm³/mol. The van der Waals surface area contributed by atoms with Crippen LogP contribution in [0.4, 0.5) is 5.69 Å². The van der Waals surface area contributed by atoms with Gasteiger partial charge in [-0.3, -0.25) is 0 Å². The fraction of sp³-hybridized carbons (Fsp3) is 0.375. The molecule has 102 valence electrons. The summed E-state index contributed by atoms with van der Waals surface area (Å²) in [6, 6.07) is 8.80. The Kier molecular flexibility index (Phi) is 4.55. The average Bonchev–Trinajstić information content (AvgIpc) is 2.63. The maximum Gasteiger partial charge on any atom is 0.0418 e. The second-order valence-electron chi connectivity index (χ2n) is 4.95. The molecule has 3 heteroatoms. The van der Waals surface area contributed by atoms with Gasteiger partial charge in [0.15, 0.2) is 0 Å². The molecule has 2 aromatic rings. The molecular formula is C16H21IN2. The summed E-state index contributed by atoms with van der Waals surface area (Å²) < 4.78 is 3.64. The Bertz CT molecular complexity index is 585. The highest BCUT2D eigenvalue weighted by molar-refractivity contribution is 14.1. The molecule has 1 aromatic heterocycles. The van der Waals surface area contributed by atoms with Gasteiger partial charge in [0, 0.05) is 33.7 Å². The van der Waals surface area contributed by atoms with E-state index >= 15 is 0 Å². The lowest BCUT2D eigenvalue weighted by molar-refractivity contribution is 0.715. The molecule has 0 fully saturated rings. The highest BCUT2D eigenvalue weighted by Gasteiger charge is 2.07. The molecule has 19 heavy (non-hydrogen) atoms. The standard InChI is InChI=1S/C16H21IN2/c1-5-19-12(3)9-14(13(19)4)10-18-16-7-6-15(17)8-11(16)2/h6-9,18H,5,10H2,1-4H3. The van der Waals surface area contributed by atoms with Gasteiger partial charge in [0.05, 0.1) is 0 Å². The third-order valence-electron chi connectivity index (χ3n) is 3.65. The minimum atomic E-state index is 0.890. The number of rotatable bonds is 4. The van der Waals surface area contributed by atoms with Crippen LogP contribution in [0.2, 0.25) is 0 Å². The second-order valence-corrected chi connectivity index (χ2v) is 6.20. The number of aryl methyl sites for hydroxylation is 2. The average molecular weight is 368 g/mol. The van der Waals surface area contributed by atoms with E-state index in [4.69, 9.17) is 0 Å². The third kappa shape index (κ3) is 3.14. The van der Waals surface area contributed by atoms with Crippen molar-refractivity contribution in [3.63, 3.8) is 0 Å². The van der Waals surface area contributed by atoms with Crippen molar-refractivity contribution in [2.24, 2.45) is 0 Å². The van der Waals surface area contributed by atoms with E-state index in [2.05, 4.69) is 84.4 Å². The van der Waals surface area contributed by atoms with Crippen molar-refractivity contribution in [3.05, 3.63) is 50.4 Å². The van der Waals surface area contributed by atoms with Crippen LogP contribution in [0, 0.1) is 24.3 Å². The van der Waals surface area contributed by atoms with Gasteiger partial charge in [0.25, 0.3) is 0 Å². The van der Waals surface area contributed by atoms with Crippen molar-refractivity contribution in [1.82, 2.24) is 4.57 Å². The number of benzene rings is 1. The van der Waals surface area contributed by atoms with Crippen LogP contribution in [0.3, 0.4) is 0 Å². The molecule has 0 radical (unpaired) electrons. The fourth-order valence-electron chi connectivity index (χ4n) is 2.55. The molecule has 1 N–H and O–H groups in total. The molecule has 1 aromatic carbocycles. The molecular weight excluding hydrogens is 347 g/mol. The highest BCUT2D eigenvalue weighted by Crippen LogP contribution is 2.20. The van der Waals surface area contributed by atoms with Crippen molar-refractivity contribution in [3.8, 4) is 0 Å². The number of halogens is 1. The van der Waals surface area contributed by atoms with Crippen molar-refractivity contribution >= 4 is 28.3 Å². The van der Waals surface area contributed by atoms with Crippen LogP contribution in [0.25, 0.3) is 0 Å². The van der Waals surface area contributed by atoms with E-state index < -0.39 is 0 Å². The normalized spacial score (nSPS) is 10.8. The van der Waals surface area contributed by atoms with Gasteiger partial charge in [-0.15, -0.1) is 0 Å². The number of nitrogens with one attached hydrogen (secondary N) is 1. The van der Waals surface area contributed by atoms with Crippen molar-refractivity contribution < 1.29 is 0 Å². The Morgan fingerprint density at radius 1 is 1.16 bits per heavy atom. The van der Waals surface area contributed by atoms with Crippen LogP contribution in [0.1, 0.15) is 29.4 Å². The maximum atomic E-state index is 3.55. The summed E-state index contributed by atoms with van der Waals surface area (Å²) in [5.41, 5.74) is 6.63. The van der Waals surface area contributed by atoms with E-state index in [-0.39, 0.29) is 0 Å². The summed E-state index contributed by atoms with van der Waals surface area (Å²) in [6.45, 7) is 10.7. The molecule has 0 amide bonds. The van der Waals surface area contributed by atoms with Crippen LogP contribution in [-0.4, -0.2) is 4.57 Å². The maximum absolute atomic E-state index is 3.55. The van der Waals surface area contributed by atoms with Crippen molar-refractivity contribution in [2.75, 3.05) is 5.32 Å². The Labute approximate surface area is 129 Å². The Balaban J connectivity index is 2.14. The molecule has 0 aliphatic carbocycles. The molecule has 0 aliphatic rings.